The zero-order valence-corrected chi connectivity index (χ0v) is 8.64. The number of nitrogens with zero attached hydrogens (tertiary/aromatic N) is 1. The van der Waals surface area contributed by atoms with Gasteiger partial charge in [0.2, 0.25) is 0 Å². The minimum absolute atomic E-state index is 0.833. The van der Waals surface area contributed by atoms with Gasteiger partial charge in [0, 0.05) is 18.8 Å². The van der Waals surface area contributed by atoms with Gasteiger partial charge >= 0.3 is 0 Å². The Balaban J connectivity index is 2.31. The van der Waals surface area contributed by atoms with E-state index in [2.05, 4.69) is 31.7 Å². The second kappa shape index (κ2) is 4.54. The Morgan fingerprint density at radius 3 is 2.83 bits per heavy atom. The van der Waals surface area contributed by atoms with Gasteiger partial charge in [0.25, 0.3) is 0 Å². The van der Waals surface area contributed by atoms with Crippen molar-refractivity contribution in [3.63, 3.8) is 0 Å². The normalized spacial score (nSPS) is 18.3. The molecule has 0 saturated heterocycles. The highest BCUT2D eigenvalue weighted by molar-refractivity contribution is 5.00. The molecular formula is C11H21N. The summed E-state index contributed by atoms with van der Waals surface area (Å²) in [5, 5.41) is 0. The first-order chi connectivity index (χ1) is 5.70. The van der Waals surface area contributed by atoms with Crippen LogP contribution in [0.1, 0.15) is 40.0 Å². The summed E-state index contributed by atoms with van der Waals surface area (Å²) in [5.74, 6) is 0.833. The van der Waals surface area contributed by atoms with Crippen LogP contribution in [-0.2, 0) is 0 Å². The van der Waals surface area contributed by atoms with Gasteiger partial charge in [0.15, 0.2) is 0 Å². The molecule has 0 bridgehead atoms. The lowest BCUT2D eigenvalue weighted by molar-refractivity contribution is 0.303. The van der Waals surface area contributed by atoms with Crippen LogP contribution in [0.4, 0.5) is 0 Å². The van der Waals surface area contributed by atoms with Crippen LogP contribution in [-0.4, -0.2) is 18.0 Å². The molecule has 0 aliphatic carbocycles. The van der Waals surface area contributed by atoms with Gasteiger partial charge in [0.1, 0.15) is 0 Å². The average Bonchev–Trinajstić information content (AvgIpc) is 2.03. The van der Waals surface area contributed by atoms with Gasteiger partial charge in [-0.15, -0.1) is 0 Å². The van der Waals surface area contributed by atoms with Gasteiger partial charge in [-0.3, -0.25) is 0 Å². The van der Waals surface area contributed by atoms with Crippen LogP contribution in [0.3, 0.4) is 0 Å². The first-order valence-electron chi connectivity index (χ1n) is 5.12. The van der Waals surface area contributed by atoms with Crippen LogP contribution in [0.15, 0.2) is 11.8 Å². The maximum absolute atomic E-state index is 2.52. The molecule has 0 N–H and O–H groups in total. The predicted molar refractivity (Wildman–Crippen MR) is 54.0 cm³/mol. The Hall–Kier alpha value is -0.460. The van der Waals surface area contributed by atoms with Crippen LogP contribution >= 0.6 is 0 Å². The van der Waals surface area contributed by atoms with Crippen molar-refractivity contribution in [3.8, 4) is 0 Å². The van der Waals surface area contributed by atoms with E-state index in [0.717, 1.165) is 5.92 Å². The van der Waals surface area contributed by atoms with Crippen LogP contribution in [0.5, 0.6) is 0 Å². The van der Waals surface area contributed by atoms with E-state index in [4.69, 9.17) is 0 Å². The van der Waals surface area contributed by atoms with E-state index in [0.29, 0.717) is 0 Å². The molecule has 0 unspecified atom stereocenters. The molecule has 1 aliphatic rings. The molecule has 1 aliphatic heterocycles. The third-order valence-electron chi connectivity index (χ3n) is 2.55. The smallest absolute Gasteiger partial charge is 0.0177 e. The Bertz CT molecular complexity index is 158. The van der Waals surface area contributed by atoms with Crippen molar-refractivity contribution in [1.29, 1.82) is 0 Å². The molecule has 0 saturated carbocycles. The van der Waals surface area contributed by atoms with Crippen LogP contribution in [0.2, 0.25) is 0 Å². The molecule has 0 atom stereocenters. The average molecular weight is 167 g/mol. The highest BCUT2D eigenvalue weighted by Gasteiger charge is 2.09. The highest BCUT2D eigenvalue weighted by atomic mass is 15.1. The minimum Gasteiger partial charge on any atom is -0.375 e. The quantitative estimate of drug-likeness (QED) is 0.624. The molecule has 1 rings (SSSR count). The molecule has 1 heterocycles. The number of hydrogen-bond acceptors (Lipinski definition) is 1. The summed E-state index contributed by atoms with van der Waals surface area (Å²) in [4.78, 5) is 2.52. The second-order valence-electron chi connectivity index (χ2n) is 4.16. The molecular weight excluding hydrogens is 146 g/mol. The van der Waals surface area contributed by atoms with E-state index in [1.54, 1.807) is 0 Å². The third-order valence-corrected chi connectivity index (χ3v) is 2.55. The van der Waals surface area contributed by atoms with Crippen molar-refractivity contribution < 1.29 is 0 Å². The maximum Gasteiger partial charge on any atom is 0.0177 e. The van der Waals surface area contributed by atoms with E-state index in [9.17, 15) is 0 Å². The monoisotopic (exact) mass is 167 g/mol. The van der Waals surface area contributed by atoms with Crippen molar-refractivity contribution in [1.82, 2.24) is 4.90 Å². The number of rotatable bonds is 3. The molecule has 1 nitrogen and oxygen atoms in total. The molecule has 0 aromatic heterocycles. The SMILES string of the molecule is CC1=CCCCN1CCC(C)C. The molecule has 0 spiro atoms. The molecule has 0 aromatic rings. The van der Waals surface area contributed by atoms with Crippen molar-refractivity contribution in [2.45, 2.75) is 40.0 Å². The van der Waals surface area contributed by atoms with Crippen LogP contribution < -0.4 is 0 Å². The molecule has 12 heavy (non-hydrogen) atoms. The van der Waals surface area contributed by atoms with Gasteiger partial charge in [-0.1, -0.05) is 19.9 Å². The summed E-state index contributed by atoms with van der Waals surface area (Å²) < 4.78 is 0. The summed E-state index contributed by atoms with van der Waals surface area (Å²) in [6.45, 7) is 9.35. The predicted octanol–water partition coefficient (Wildman–Crippen LogP) is 3.03. The van der Waals surface area contributed by atoms with E-state index < -0.39 is 0 Å². The molecule has 0 amide bonds. The van der Waals surface area contributed by atoms with Gasteiger partial charge in [0.05, 0.1) is 0 Å². The summed E-state index contributed by atoms with van der Waals surface area (Å²) in [6.07, 6.45) is 6.31. The maximum atomic E-state index is 2.52. The molecule has 0 aromatic carbocycles. The zero-order chi connectivity index (χ0) is 8.97. The lowest BCUT2D eigenvalue weighted by atomic mass is 10.1. The van der Waals surface area contributed by atoms with E-state index in [-0.39, 0.29) is 0 Å². The molecule has 0 radical (unpaired) electrons. The number of hydrogen-bond donors (Lipinski definition) is 0. The lowest BCUT2D eigenvalue weighted by Crippen LogP contribution is -2.27. The lowest BCUT2D eigenvalue weighted by Gasteiger charge is -2.29. The van der Waals surface area contributed by atoms with Gasteiger partial charge in [-0.2, -0.15) is 0 Å². The largest absolute Gasteiger partial charge is 0.375 e. The minimum atomic E-state index is 0.833. The van der Waals surface area contributed by atoms with Crippen molar-refractivity contribution in [3.05, 3.63) is 11.8 Å². The van der Waals surface area contributed by atoms with Crippen molar-refractivity contribution >= 4 is 0 Å². The Morgan fingerprint density at radius 2 is 2.25 bits per heavy atom. The first-order valence-corrected chi connectivity index (χ1v) is 5.12. The Kier molecular flexibility index (Phi) is 3.64. The third kappa shape index (κ3) is 2.88. The first kappa shape index (κ1) is 9.63. The number of allylic oxidation sites excluding steroid dienone is 2. The van der Waals surface area contributed by atoms with Crippen LogP contribution in [0, 0.1) is 5.92 Å². The van der Waals surface area contributed by atoms with E-state index >= 15 is 0 Å². The van der Waals surface area contributed by atoms with E-state index in [1.165, 1.54) is 38.0 Å². The summed E-state index contributed by atoms with van der Waals surface area (Å²) in [5.41, 5.74) is 1.49. The zero-order valence-electron chi connectivity index (χ0n) is 8.64. The highest BCUT2D eigenvalue weighted by Crippen LogP contribution is 2.15. The fourth-order valence-corrected chi connectivity index (χ4v) is 1.60. The summed E-state index contributed by atoms with van der Waals surface area (Å²) >= 11 is 0. The topological polar surface area (TPSA) is 3.24 Å². The molecule has 0 fully saturated rings. The van der Waals surface area contributed by atoms with Gasteiger partial charge < -0.3 is 4.90 Å². The fraction of sp³-hybridized carbons (Fsp3) is 0.818. The Labute approximate surface area is 76.5 Å². The van der Waals surface area contributed by atoms with Gasteiger partial charge in [-0.25, -0.2) is 0 Å². The Morgan fingerprint density at radius 1 is 1.50 bits per heavy atom. The van der Waals surface area contributed by atoms with Gasteiger partial charge in [-0.05, 0) is 32.1 Å². The molecule has 70 valence electrons. The van der Waals surface area contributed by atoms with Crippen molar-refractivity contribution in [2.24, 2.45) is 5.92 Å². The standard InChI is InChI=1S/C11H21N/c1-10(2)7-9-12-8-5-4-6-11(12)3/h6,10H,4-5,7-9H2,1-3H3. The molecule has 1 heteroatoms. The van der Waals surface area contributed by atoms with Crippen molar-refractivity contribution in [2.75, 3.05) is 13.1 Å². The second-order valence-corrected chi connectivity index (χ2v) is 4.16. The summed E-state index contributed by atoms with van der Waals surface area (Å²) in [7, 11) is 0. The van der Waals surface area contributed by atoms with Crippen LogP contribution in [0.25, 0.3) is 0 Å². The summed E-state index contributed by atoms with van der Waals surface area (Å²) in [6, 6.07) is 0. The van der Waals surface area contributed by atoms with E-state index in [1.807, 2.05) is 0 Å². The fourth-order valence-electron chi connectivity index (χ4n) is 1.60.